The van der Waals surface area contributed by atoms with E-state index in [9.17, 15) is 0 Å². The summed E-state index contributed by atoms with van der Waals surface area (Å²) in [5, 5.41) is 15.2. The molecule has 0 saturated carbocycles. The summed E-state index contributed by atoms with van der Waals surface area (Å²) in [4.78, 5) is 4.74. The summed E-state index contributed by atoms with van der Waals surface area (Å²) in [5.41, 5.74) is 2.21. The zero-order chi connectivity index (χ0) is 18.9. The number of aromatic nitrogens is 3. The predicted molar refractivity (Wildman–Crippen MR) is 126 cm³/mol. The van der Waals surface area contributed by atoms with Gasteiger partial charge in [-0.15, -0.1) is 34.2 Å². The van der Waals surface area contributed by atoms with Gasteiger partial charge in [0.15, 0.2) is 11.6 Å². The number of hydrogen-bond donors (Lipinski definition) is 2. The van der Waals surface area contributed by atoms with Gasteiger partial charge in [-0.2, -0.15) is 0 Å². The normalized spacial score (nSPS) is 12.4. The first-order chi connectivity index (χ1) is 13.3. The first-order valence-corrected chi connectivity index (χ1v) is 9.63. The molecule has 2 N–H and O–H groups in total. The Bertz CT molecular complexity index is 861. The first-order valence-electron chi connectivity index (χ1n) is 9.63. The van der Waals surface area contributed by atoms with Crippen molar-refractivity contribution in [2.45, 2.75) is 32.6 Å². The van der Waals surface area contributed by atoms with Gasteiger partial charge in [-0.05, 0) is 31.0 Å². The Kier molecular flexibility index (Phi) is 9.19. The number of guanidine groups is 1. The molecule has 28 heavy (non-hydrogen) atoms. The number of rotatable bonds is 8. The summed E-state index contributed by atoms with van der Waals surface area (Å²) in [7, 11) is 0. The molecule has 1 aromatic carbocycles. The number of aryl methyl sites for hydroxylation is 1. The molecule has 2 heterocycles. The van der Waals surface area contributed by atoms with Gasteiger partial charge in [-0.3, -0.25) is 9.39 Å². The van der Waals surface area contributed by atoms with Gasteiger partial charge in [0.2, 0.25) is 0 Å². The number of halogens is 1. The molecular formula is C21H29IN6. The Hall–Kier alpha value is -2.16. The van der Waals surface area contributed by atoms with Crippen molar-refractivity contribution in [3.05, 3.63) is 66.1 Å². The van der Waals surface area contributed by atoms with Crippen LogP contribution in [-0.2, 0) is 6.42 Å². The van der Waals surface area contributed by atoms with Crippen LogP contribution < -0.4 is 10.6 Å². The maximum atomic E-state index is 4.74. The maximum Gasteiger partial charge on any atom is 0.191 e. The molecule has 0 bridgehead atoms. The van der Waals surface area contributed by atoms with Crippen LogP contribution in [0.3, 0.4) is 0 Å². The van der Waals surface area contributed by atoms with Crippen molar-refractivity contribution in [2.24, 2.45) is 4.99 Å². The van der Waals surface area contributed by atoms with Crippen molar-refractivity contribution in [3.63, 3.8) is 0 Å². The predicted octanol–water partition coefficient (Wildman–Crippen LogP) is 3.64. The molecular weight excluding hydrogens is 463 g/mol. The Morgan fingerprint density at radius 1 is 1.07 bits per heavy atom. The average molecular weight is 492 g/mol. The zero-order valence-electron chi connectivity index (χ0n) is 16.5. The third-order valence-electron chi connectivity index (χ3n) is 4.49. The van der Waals surface area contributed by atoms with E-state index in [0.29, 0.717) is 5.92 Å². The lowest BCUT2D eigenvalue weighted by Gasteiger charge is -2.13. The van der Waals surface area contributed by atoms with Crippen LogP contribution in [0.15, 0.2) is 59.7 Å². The number of fused-ring (bicyclic) bond motifs is 1. The fraction of sp³-hybridized carbons (Fsp3) is 0.381. The average Bonchev–Trinajstić information content (AvgIpc) is 3.13. The van der Waals surface area contributed by atoms with E-state index in [2.05, 4.69) is 58.9 Å². The van der Waals surface area contributed by atoms with Crippen molar-refractivity contribution in [1.29, 1.82) is 0 Å². The molecule has 0 aliphatic carbocycles. The van der Waals surface area contributed by atoms with Crippen LogP contribution in [0.25, 0.3) is 5.65 Å². The van der Waals surface area contributed by atoms with Gasteiger partial charge in [-0.1, -0.05) is 43.3 Å². The van der Waals surface area contributed by atoms with Crippen LogP contribution in [0.2, 0.25) is 0 Å². The van der Waals surface area contributed by atoms with Gasteiger partial charge in [0.1, 0.15) is 5.82 Å². The van der Waals surface area contributed by atoms with E-state index in [1.807, 2.05) is 34.9 Å². The molecule has 1 atom stereocenters. The van der Waals surface area contributed by atoms with Gasteiger partial charge in [0.05, 0.1) is 0 Å². The summed E-state index contributed by atoms with van der Waals surface area (Å²) < 4.78 is 2.04. The summed E-state index contributed by atoms with van der Waals surface area (Å²) in [6, 6.07) is 16.5. The maximum absolute atomic E-state index is 4.74. The summed E-state index contributed by atoms with van der Waals surface area (Å²) in [6.45, 7) is 6.74. The van der Waals surface area contributed by atoms with Crippen molar-refractivity contribution >= 4 is 35.6 Å². The molecule has 2 aromatic heterocycles. The van der Waals surface area contributed by atoms with Crippen LogP contribution >= 0.6 is 24.0 Å². The van der Waals surface area contributed by atoms with Crippen molar-refractivity contribution < 1.29 is 0 Å². The highest BCUT2D eigenvalue weighted by Crippen LogP contribution is 2.14. The SMILES string of the molecule is CCNC(=NCC(C)c1ccccc1)NCCCc1nnc2ccccn12.I. The van der Waals surface area contributed by atoms with Crippen molar-refractivity contribution in [2.75, 3.05) is 19.6 Å². The number of hydrogen-bond acceptors (Lipinski definition) is 3. The first kappa shape index (κ1) is 22.1. The lowest BCUT2D eigenvalue weighted by molar-refractivity contribution is 0.706. The molecule has 7 heteroatoms. The molecule has 0 radical (unpaired) electrons. The van der Waals surface area contributed by atoms with E-state index in [1.54, 1.807) is 0 Å². The van der Waals surface area contributed by atoms with E-state index < -0.39 is 0 Å². The van der Waals surface area contributed by atoms with Crippen LogP contribution in [0.5, 0.6) is 0 Å². The Labute approximate surface area is 183 Å². The highest BCUT2D eigenvalue weighted by Gasteiger charge is 2.06. The fourth-order valence-corrected chi connectivity index (χ4v) is 2.97. The van der Waals surface area contributed by atoms with Crippen LogP contribution in [0, 0.1) is 0 Å². The van der Waals surface area contributed by atoms with E-state index in [0.717, 1.165) is 49.9 Å². The molecule has 3 aromatic rings. The standard InChI is InChI=1S/C21H28N6.HI/c1-3-22-21(24-16-17(2)18-10-5-4-6-11-18)23-14-9-13-20-26-25-19-12-7-8-15-27(19)20;/h4-8,10-12,15,17H,3,9,13-14,16H2,1-2H3,(H2,22,23,24);1H. The fourth-order valence-electron chi connectivity index (χ4n) is 2.97. The third kappa shape index (κ3) is 6.19. The number of nitrogens with one attached hydrogen (secondary N) is 2. The van der Waals surface area contributed by atoms with Gasteiger partial charge < -0.3 is 10.6 Å². The molecule has 0 spiro atoms. The van der Waals surface area contributed by atoms with Gasteiger partial charge >= 0.3 is 0 Å². The molecule has 3 rings (SSSR count). The van der Waals surface area contributed by atoms with Gasteiger partial charge in [-0.25, -0.2) is 0 Å². The summed E-state index contributed by atoms with van der Waals surface area (Å²) in [5.74, 6) is 2.25. The van der Waals surface area contributed by atoms with Crippen molar-refractivity contribution in [3.8, 4) is 0 Å². The molecule has 0 saturated heterocycles. The van der Waals surface area contributed by atoms with Crippen LogP contribution in [0.1, 0.15) is 37.6 Å². The lowest BCUT2D eigenvalue weighted by Crippen LogP contribution is -2.38. The minimum absolute atomic E-state index is 0. The smallest absolute Gasteiger partial charge is 0.191 e. The number of pyridine rings is 1. The minimum atomic E-state index is 0. The topological polar surface area (TPSA) is 66.6 Å². The minimum Gasteiger partial charge on any atom is -0.357 e. The largest absolute Gasteiger partial charge is 0.357 e. The molecule has 0 aliphatic heterocycles. The molecule has 6 nitrogen and oxygen atoms in total. The highest BCUT2D eigenvalue weighted by atomic mass is 127. The summed E-state index contributed by atoms with van der Waals surface area (Å²) >= 11 is 0. The molecule has 0 aliphatic rings. The van der Waals surface area contributed by atoms with Gasteiger partial charge in [0, 0.05) is 38.2 Å². The Balaban J connectivity index is 0.00000280. The van der Waals surface area contributed by atoms with Gasteiger partial charge in [0.25, 0.3) is 0 Å². The molecule has 1 unspecified atom stereocenters. The second-order valence-corrected chi connectivity index (χ2v) is 6.61. The second kappa shape index (κ2) is 11.6. The zero-order valence-corrected chi connectivity index (χ0v) is 18.8. The quantitative estimate of drug-likeness (QED) is 0.218. The van der Waals surface area contributed by atoms with E-state index in [1.165, 1.54) is 5.56 Å². The number of nitrogens with zero attached hydrogens (tertiary/aromatic N) is 4. The van der Waals surface area contributed by atoms with Crippen molar-refractivity contribution in [1.82, 2.24) is 25.2 Å². The van der Waals surface area contributed by atoms with E-state index in [4.69, 9.17) is 4.99 Å². The number of aliphatic imine (C=N–C) groups is 1. The molecule has 0 amide bonds. The molecule has 150 valence electrons. The monoisotopic (exact) mass is 492 g/mol. The number of benzene rings is 1. The lowest BCUT2D eigenvalue weighted by atomic mass is 10.0. The Morgan fingerprint density at radius 2 is 1.86 bits per heavy atom. The second-order valence-electron chi connectivity index (χ2n) is 6.61. The highest BCUT2D eigenvalue weighted by molar-refractivity contribution is 14.0. The summed E-state index contributed by atoms with van der Waals surface area (Å²) in [6.07, 6.45) is 3.85. The Morgan fingerprint density at radius 3 is 2.64 bits per heavy atom. The third-order valence-corrected chi connectivity index (χ3v) is 4.49. The van der Waals surface area contributed by atoms with Crippen LogP contribution in [-0.4, -0.2) is 40.2 Å². The van der Waals surface area contributed by atoms with Crippen LogP contribution in [0.4, 0.5) is 0 Å². The van der Waals surface area contributed by atoms with E-state index >= 15 is 0 Å². The molecule has 0 fully saturated rings. The van der Waals surface area contributed by atoms with E-state index in [-0.39, 0.29) is 24.0 Å².